The summed E-state index contributed by atoms with van der Waals surface area (Å²) in [7, 11) is 0. The Morgan fingerprint density at radius 2 is 1.81 bits per heavy atom. The minimum atomic E-state index is 0.526. The van der Waals surface area contributed by atoms with Crippen LogP contribution in [0.1, 0.15) is 29.8 Å². The lowest BCUT2D eigenvalue weighted by atomic mass is 10.1. The molecular formula is C18H17ClN2. The average Bonchev–Trinajstić information content (AvgIpc) is 3.23. The minimum Gasteiger partial charge on any atom is -0.324 e. The van der Waals surface area contributed by atoms with Crippen LogP contribution >= 0.6 is 11.6 Å². The molecule has 3 heteroatoms. The molecule has 2 aromatic carbocycles. The number of hydrogen-bond donors (Lipinski definition) is 0. The molecule has 0 spiro atoms. The highest BCUT2D eigenvalue weighted by molar-refractivity contribution is 6.17. The highest BCUT2D eigenvalue weighted by Crippen LogP contribution is 2.52. The maximum Gasteiger partial charge on any atom is 0.111 e. The van der Waals surface area contributed by atoms with E-state index in [1.165, 1.54) is 17.5 Å². The minimum absolute atomic E-state index is 0.526. The number of para-hydroxylation sites is 2. The Kier molecular flexibility index (Phi) is 3.19. The number of aromatic nitrogens is 2. The summed E-state index contributed by atoms with van der Waals surface area (Å²) in [5, 5.41) is 0. The van der Waals surface area contributed by atoms with E-state index in [1.54, 1.807) is 0 Å². The summed E-state index contributed by atoms with van der Waals surface area (Å²) in [6.45, 7) is 0. The summed E-state index contributed by atoms with van der Waals surface area (Å²) in [5.41, 5.74) is 3.74. The van der Waals surface area contributed by atoms with Crippen molar-refractivity contribution in [1.29, 1.82) is 0 Å². The van der Waals surface area contributed by atoms with Gasteiger partial charge < -0.3 is 4.57 Å². The van der Waals surface area contributed by atoms with Gasteiger partial charge in [0.25, 0.3) is 0 Å². The summed E-state index contributed by atoms with van der Waals surface area (Å²) < 4.78 is 2.41. The van der Waals surface area contributed by atoms with Gasteiger partial charge in [-0.15, -0.1) is 11.6 Å². The molecule has 0 radical (unpaired) electrons. The molecule has 2 nitrogen and oxygen atoms in total. The van der Waals surface area contributed by atoms with Gasteiger partial charge in [0.05, 0.1) is 11.0 Å². The van der Waals surface area contributed by atoms with E-state index in [-0.39, 0.29) is 0 Å². The first-order chi connectivity index (χ1) is 10.4. The Balaban J connectivity index is 1.75. The molecule has 0 saturated heterocycles. The Morgan fingerprint density at radius 1 is 1.05 bits per heavy atom. The second kappa shape index (κ2) is 5.19. The van der Waals surface area contributed by atoms with Gasteiger partial charge in [0.15, 0.2) is 0 Å². The summed E-state index contributed by atoms with van der Waals surface area (Å²) in [5.74, 6) is 2.35. The molecule has 3 aromatic rings. The van der Waals surface area contributed by atoms with Gasteiger partial charge in [-0.3, -0.25) is 0 Å². The lowest BCUT2D eigenvalue weighted by Gasteiger charge is -2.08. The molecule has 0 aliphatic heterocycles. The number of aryl methyl sites for hydroxylation is 1. The third kappa shape index (κ3) is 2.24. The maximum atomic E-state index is 5.96. The molecule has 1 aliphatic rings. The SMILES string of the molecule is ClCCc1nc2ccccc2n1C1CC1c1ccccc1. The Bertz CT molecular complexity index is 763. The number of halogens is 1. The molecule has 1 saturated carbocycles. The van der Waals surface area contributed by atoms with Gasteiger partial charge in [0.2, 0.25) is 0 Å². The smallest absolute Gasteiger partial charge is 0.111 e. The van der Waals surface area contributed by atoms with Crippen molar-refractivity contribution in [1.82, 2.24) is 9.55 Å². The van der Waals surface area contributed by atoms with Crippen LogP contribution in [0.4, 0.5) is 0 Å². The zero-order valence-electron chi connectivity index (χ0n) is 11.7. The van der Waals surface area contributed by atoms with E-state index in [0.29, 0.717) is 17.8 Å². The molecule has 106 valence electrons. The first-order valence-electron chi connectivity index (χ1n) is 7.45. The van der Waals surface area contributed by atoms with Crippen LogP contribution in [-0.2, 0) is 6.42 Å². The largest absolute Gasteiger partial charge is 0.324 e. The first-order valence-corrected chi connectivity index (χ1v) is 7.98. The van der Waals surface area contributed by atoms with Crippen molar-refractivity contribution in [2.75, 3.05) is 5.88 Å². The van der Waals surface area contributed by atoms with E-state index in [0.717, 1.165) is 17.8 Å². The van der Waals surface area contributed by atoms with Gasteiger partial charge in [-0.05, 0) is 24.1 Å². The third-order valence-electron chi connectivity index (χ3n) is 4.30. The third-order valence-corrected chi connectivity index (χ3v) is 4.49. The van der Waals surface area contributed by atoms with Crippen molar-refractivity contribution < 1.29 is 0 Å². The molecule has 1 aliphatic carbocycles. The lowest BCUT2D eigenvalue weighted by Crippen LogP contribution is -2.03. The van der Waals surface area contributed by atoms with E-state index in [9.17, 15) is 0 Å². The number of hydrogen-bond acceptors (Lipinski definition) is 1. The summed E-state index contributed by atoms with van der Waals surface area (Å²) in [4.78, 5) is 4.77. The molecule has 1 aromatic heterocycles. The molecule has 1 fully saturated rings. The molecule has 0 N–H and O–H groups in total. The van der Waals surface area contributed by atoms with Gasteiger partial charge in [-0.2, -0.15) is 0 Å². The quantitative estimate of drug-likeness (QED) is 0.646. The highest BCUT2D eigenvalue weighted by atomic mass is 35.5. The van der Waals surface area contributed by atoms with Gasteiger partial charge in [0.1, 0.15) is 5.82 Å². The normalized spacial score (nSPS) is 20.8. The van der Waals surface area contributed by atoms with Crippen LogP contribution in [0.15, 0.2) is 54.6 Å². The van der Waals surface area contributed by atoms with E-state index in [1.807, 2.05) is 6.07 Å². The molecule has 0 amide bonds. The van der Waals surface area contributed by atoms with Crippen LogP contribution in [0.5, 0.6) is 0 Å². The van der Waals surface area contributed by atoms with Crippen LogP contribution in [-0.4, -0.2) is 15.4 Å². The predicted molar refractivity (Wildman–Crippen MR) is 87.0 cm³/mol. The fourth-order valence-electron chi connectivity index (χ4n) is 3.25. The Morgan fingerprint density at radius 3 is 2.62 bits per heavy atom. The summed E-state index contributed by atoms with van der Waals surface area (Å²) >= 11 is 5.96. The highest BCUT2D eigenvalue weighted by Gasteiger charge is 2.41. The van der Waals surface area contributed by atoms with Crippen LogP contribution in [0.3, 0.4) is 0 Å². The molecule has 21 heavy (non-hydrogen) atoms. The van der Waals surface area contributed by atoms with E-state index < -0.39 is 0 Å². The Hall–Kier alpha value is -1.80. The maximum absolute atomic E-state index is 5.96. The fraction of sp³-hybridized carbons (Fsp3) is 0.278. The van der Waals surface area contributed by atoms with Gasteiger partial charge in [0, 0.05) is 24.3 Å². The Labute approximate surface area is 129 Å². The van der Waals surface area contributed by atoms with E-state index in [4.69, 9.17) is 16.6 Å². The van der Waals surface area contributed by atoms with Crippen molar-refractivity contribution in [3.05, 3.63) is 66.0 Å². The molecule has 0 bridgehead atoms. The monoisotopic (exact) mass is 296 g/mol. The van der Waals surface area contributed by atoms with Crippen molar-refractivity contribution >= 4 is 22.6 Å². The van der Waals surface area contributed by atoms with Crippen LogP contribution < -0.4 is 0 Å². The van der Waals surface area contributed by atoms with Crippen LogP contribution in [0, 0.1) is 0 Å². The van der Waals surface area contributed by atoms with Crippen molar-refractivity contribution in [2.45, 2.75) is 24.8 Å². The fourth-order valence-corrected chi connectivity index (χ4v) is 3.42. The van der Waals surface area contributed by atoms with Crippen LogP contribution in [0.25, 0.3) is 11.0 Å². The molecule has 4 rings (SSSR count). The second-order valence-electron chi connectivity index (χ2n) is 5.65. The van der Waals surface area contributed by atoms with E-state index in [2.05, 4.69) is 53.1 Å². The number of nitrogens with zero attached hydrogens (tertiary/aromatic N) is 2. The van der Waals surface area contributed by atoms with Crippen molar-refractivity contribution in [3.8, 4) is 0 Å². The molecule has 2 unspecified atom stereocenters. The number of benzene rings is 2. The van der Waals surface area contributed by atoms with E-state index >= 15 is 0 Å². The topological polar surface area (TPSA) is 17.8 Å². The van der Waals surface area contributed by atoms with Gasteiger partial charge in [-0.1, -0.05) is 42.5 Å². The lowest BCUT2D eigenvalue weighted by molar-refractivity contribution is 0.690. The zero-order chi connectivity index (χ0) is 14.2. The molecule has 2 atom stereocenters. The van der Waals surface area contributed by atoms with Crippen LogP contribution in [0.2, 0.25) is 0 Å². The van der Waals surface area contributed by atoms with Crippen molar-refractivity contribution in [3.63, 3.8) is 0 Å². The predicted octanol–water partition coefficient (Wildman–Crippen LogP) is 4.55. The molecular weight excluding hydrogens is 280 g/mol. The van der Waals surface area contributed by atoms with Crippen molar-refractivity contribution in [2.24, 2.45) is 0 Å². The number of alkyl halides is 1. The number of imidazole rings is 1. The molecule has 1 heterocycles. The summed E-state index contributed by atoms with van der Waals surface area (Å²) in [6.07, 6.45) is 2.02. The average molecular weight is 297 g/mol. The standard InChI is InChI=1S/C18H17ClN2/c19-11-10-18-20-15-8-4-5-9-16(15)21(18)17-12-14(17)13-6-2-1-3-7-13/h1-9,14,17H,10-12H2. The number of rotatable bonds is 4. The summed E-state index contributed by atoms with van der Waals surface area (Å²) in [6, 6.07) is 19.7. The first kappa shape index (κ1) is 12.9. The van der Waals surface area contributed by atoms with Gasteiger partial charge in [-0.25, -0.2) is 4.98 Å². The second-order valence-corrected chi connectivity index (χ2v) is 6.02. The van der Waals surface area contributed by atoms with Gasteiger partial charge >= 0.3 is 0 Å². The number of fused-ring (bicyclic) bond motifs is 1. The zero-order valence-corrected chi connectivity index (χ0v) is 12.5.